The summed E-state index contributed by atoms with van der Waals surface area (Å²) in [6.07, 6.45) is 0. The fraction of sp³-hybridized carbons (Fsp3) is 0. The Hall–Kier alpha value is -0.850. The normalized spacial score (nSPS) is 8.40. The second-order valence-corrected chi connectivity index (χ2v) is 1.41. The summed E-state index contributed by atoms with van der Waals surface area (Å²) >= 11 is 0. The Labute approximate surface area is 72.7 Å². The first-order valence-electron chi connectivity index (χ1n) is 2.21. The van der Waals surface area contributed by atoms with E-state index >= 15 is 0 Å². The Kier molecular flexibility index (Phi) is 3.07. The zero-order valence-electron chi connectivity index (χ0n) is 4.88. The van der Waals surface area contributed by atoms with E-state index in [2.05, 4.69) is 15.0 Å². The number of hydrogen-bond donors (Lipinski definition) is 3. The van der Waals surface area contributed by atoms with Crippen LogP contribution in [0.25, 0.3) is 0 Å². The van der Waals surface area contributed by atoms with Crippen molar-refractivity contribution in [3.05, 3.63) is 0 Å². The average Bonchev–Trinajstić information content (AvgIpc) is 1.59. The Bertz CT molecular complexity index is 174. The number of nitrogens with zero attached hydrogens (tertiary/aromatic N) is 3. The maximum atomic E-state index is 5.14. The first-order chi connectivity index (χ1) is 4.18. The average molecular weight is 234 g/mol. The van der Waals surface area contributed by atoms with E-state index in [4.69, 9.17) is 17.2 Å². The SMILES string of the molecule is Nc1nc(N)nc(N)n1.[Ag]. The summed E-state index contributed by atoms with van der Waals surface area (Å²) in [4.78, 5) is 10.5. The maximum absolute atomic E-state index is 5.14. The number of nitrogens with two attached hydrogens (primary N) is 3. The molecule has 0 fully saturated rings. The van der Waals surface area contributed by atoms with Gasteiger partial charge >= 0.3 is 0 Å². The summed E-state index contributed by atoms with van der Waals surface area (Å²) in [5, 5.41) is 0. The Morgan fingerprint density at radius 2 is 0.900 bits per heavy atom. The van der Waals surface area contributed by atoms with Gasteiger partial charge in [0.1, 0.15) is 0 Å². The van der Waals surface area contributed by atoms with Crippen molar-refractivity contribution in [2.24, 2.45) is 0 Å². The molecule has 1 radical (unpaired) electrons. The Morgan fingerprint density at radius 1 is 0.700 bits per heavy atom. The van der Waals surface area contributed by atoms with Crippen LogP contribution in [0.1, 0.15) is 0 Å². The molecule has 0 saturated carbocycles. The number of nitrogen functional groups attached to an aromatic ring is 3. The molecule has 6 nitrogen and oxygen atoms in total. The van der Waals surface area contributed by atoms with Crippen molar-refractivity contribution < 1.29 is 22.4 Å². The van der Waals surface area contributed by atoms with Crippen LogP contribution < -0.4 is 17.2 Å². The van der Waals surface area contributed by atoms with Crippen LogP contribution in [0.5, 0.6) is 0 Å². The summed E-state index contributed by atoms with van der Waals surface area (Å²) in [5.74, 6) is 0.125. The number of hydrogen-bond acceptors (Lipinski definition) is 6. The minimum absolute atomic E-state index is 0. The fourth-order valence-electron chi connectivity index (χ4n) is 0.427. The van der Waals surface area contributed by atoms with E-state index in [-0.39, 0.29) is 40.2 Å². The van der Waals surface area contributed by atoms with Crippen molar-refractivity contribution in [1.82, 2.24) is 15.0 Å². The van der Waals surface area contributed by atoms with Crippen LogP contribution in [0.2, 0.25) is 0 Å². The van der Waals surface area contributed by atoms with E-state index in [0.717, 1.165) is 0 Å². The Balaban J connectivity index is 0.000000810. The van der Waals surface area contributed by atoms with Gasteiger partial charge in [-0.05, 0) is 0 Å². The third kappa shape index (κ3) is 2.18. The van der Waals surface area contributed by atoms with Gasteiger partial charge in [-0.1, -0.05) is 0 Å². The van der Waals surface area contributed by atoms with E-state index in [9.17, 15) is 0 Å². The van der Waals surface area contributed by atoms with Crippen LogP contribution >= 0.6 is 0 Å². The van der Waals surface area contributed by atoms with E-state index in [1.165, 1.54) is 0 Å². The first kappa shape index (κ1) is 9.15. The third-order valence-corrected chi connectivity index (χ3v) is 0.687. The van der Waals surface area contributed by atoms with Crippen molar-refractivity contribution >= 4 is 17.8 Å². The molecule has 1 rings (SSSR count). The van der Waals surface area contributed by atoms with Crippen LogP contribution in [-0.2, 0) is 22.4 Å². The molecule has 0 saturated heterocycles. The van der Waals surface area contributed by atoms with Crippen LogP contribution in [-0.4, -0.2) is 15.0 Å². The van der Waals surface area contributed by atoms with Crippen molar-refractivity contribution in [2.45, 2.75) is 0 Å². The quantitative estimate of drug-likeness (QED) is 0.476. The summed E-state index contributed by atoms with van der Waals surface area (Å²) in [7, 11) is 0. The van der Waals surface area contributed by atoms with Crippen molar-refractivity contribution in [3.8, 4) is 0 Å². The second kappa shape index (κ2) is 3.35. The van der Waals surface area contributed by atoms with Crippen molar-refractivity contribution in [1.29, 1.82) is 0 Å². The van der Waals surface area contributed by atoms with E-state index in [1.54, 1.807) is 0 Å². The summed E-state index contributed by atoms with van der Waals surface area (Å²) in [6, 6.07) is 0. The smallest absolute Gasteiger partial charge is 0.226 e. The van der Waals surface area contributed by atoms with Crippen LogP contribution in [0.3, 0.4) is 0 Å². The van der Waals surface area contributed by atoms with Crippen molar-refractivity contribution in [2.75, 3.05) is 17.2 Å². The topological polar surface area (TPSA) is 117 Å². The minimum atomic E-state index is 0. The van der Waals surface area contributed by atoms with Gasteiger partial charge in [-0.25, -0.2) is 0 Å². The van der Waals surface area contributed by atoms with Gasteiger partial charge in [0.2, 0.25) is 17.8 Å². The van der Waals surface area contributed by atoms with Crippen LogP contribution in [0, 0.1) is 0 Å². The molecule has 1 heterocycles. The van der Waals surface area contributed by atoms with E-state index in [1.807, 2.05) is 0 Å². The van der Waals surface area contributed by atoms with Gasteiger partial charge in [0.05, 0.1) is 0 Å². The number of anilines is 3. The standard InChI is InChI=1S/C3H6N6.Ag/c4-1-7-2(5)9-3(6)8-1;/h(H6,4,5,6,7,8,9);. The molecule has 0 aromatic carbocycles. The van der Waals surface area contributed by atoms with Gasteiger partial charge in [0, 0.05) is 22.4 Å². The largest absolute Gasteiger partial charge is 0.368 e. The zero-order valence-corrected chi connectivity index (χ0v) is 6.36. The molecule has 10 heavy (non-hydrogen) atoms. The van der Waals surface area contributed by atoms with E-state index < -0.39 is 0 Å². The van der Waals surface area contributed by atoms with Gasteiger partial charge in [-0.15, -0.1) is 0 Å². The van der Waals surface area contributed by atoms with Crippen LogP contribution in [0.15, 0.2) is 0 Å². The fourth-order valence-corrected chi connectivity index (χ4v) is 0.427. The number of rotatable bonds is 0. The molecule has 1 aromatic rings. The molecule has 6 N–H and O–H groups in total. The zero-order chi connectivity index (χ0) is 6.85. The Morgan fingerprint density at radius 3 is 1.10 bits per heavy atom. The predicted molar refractivity (Wildman–Crippen MR) is 33.1 cm³/mol. The molecule has 0 unspecified atom stereocenters. The summed E-state index contributed by atoms with van der Waals surface area (Å²) in [5.41, 5.74) is 15.4. The molecule has 59 valence electrons. The third-order valence-electron chi connectivity index (χ3n) is 0.687. The van der Waals surface area contributed by atoms with Gasteiger partial charge in [-0.3, -0.25) is 0 Å². The van der Waals surface area contributed by atoms with Gasteiger partial charge in [-0.2, -0.15) is 15.0 Å². The molecular weight excluding hydrogens is 228 g/mol. The van der Waals surface area contributed by atoms with Gasteiger partial charge in [0.25, 0.3) is 0 Å². The molecule has 0 atom stereocenters. The molecular formula is C3H6AgN6. The summed E-state index contributed by atoms with van der Waals surface area (Å²) in [6.45, 7) is 0. The molecule has 0 aliphatic heterocycles. The van der Waals surface area contributed by atoms with Crippen molar-refractivity contribution in [3.63, 3.8) is 0 Å². The molecule has 7 heteroatoms. The maximum Gasteiger partial charge on any atom is 0.226 e. The molecule has 0 spiro atoms. The van der Waals surface area contributed by atoms with E-state index in [0.29, 0.717) is 0 Å². The molecule has 0 bridgehead atoms. The minimum Gasteiger partial charge on any atom is -0.368 e. The van der Waals surface area contributed by atoms with Gasteiger partial charge < -0.3 is 17.2 Å². The monoisotopic (exact) mass is 233 g/mol. The second-order valence-electron chi connectivity index (χ2n) is 1.41. The summed E-state index contributed by atoms with van der Waals surface area (Å²) < 4.78 is 0. The first-order valence-corrected chi connectivity index (χ1v) is 2.21. The number of aromatic nitrogens is 3. The molecule has 1 aromatic heterocycles. The molecule has 0 aliphatic rings. The van der Waals surface area contributed by atoms with Crippen LogP contribution in [0.4, 0.5) is 17.8 Å². The molecule has 0 aliphatic carbocycles. The molecule has 0 amide bonds. The van der Waals surface area contributed by atoms with Gasteiger partial charge in [0.15, 0.2) is 0 Å². The predicted octanol–water partition coefficient (Wildman–Crippen LogP) is -1.38.